The van der Waals surface area contributed by atoms with Gasteiger partial charge in [0.05, 0.1) is 5.54 Å². The van der Waals surface area contributed by atoms with E-state index in [9.17, 15) is 4.79 Å². The number of primary amides is 1. The highest BCUT2D eigenvalue weighted by Gasteiger charge is 2.36. The SMILES string of the molecule is CC1CCCC(C)N1CCCCC(C)(NC1CC1)C(N)=O. The summed E-state index contributed by atoms with van der Waals surface area (Å²) in [5.41, 5.74) is 5.09. The third-order valence-corrected chi connectivity index (χ3v) is 5.36. The lowest BCUT2D eigenvalue weighted by Crippen LogP contribution is -2.54. The number of unbranched alkanes of at least 4 members (excludes halogenated alkanes) is 1. The van der Waals surface area contributed by atoms with Gasteiger partial charge >= 0.3 is 0 Å². The molecule has 0 aromatic carbocycles. The van der Waals surface area contributed by atoms with Gasteiger partial charge in [0.15, 0.2) is 0 Å². The first-order valence-electron chi connectivity index (χ1n) is 8.76. The van der Waals surface area contributed by atoms with Gasteiger partial charge in [-0.05, 0) is 72.3 Å². The van der Waals surface area contributed by atoms with Crippen LogP contribution in [0.4, 0.5) is 0 Å². The molecule has 1 aliphatic carbocycles. The van der Waals surface area contributed by atoms with Gasteiger partial charge in [0, 0.05) is 18.1 Å². The van der Waals surface area contributed by atoms with Crippen molar-refractivity contribution in [3.05, 3.63) is 0 Å². The highest BCUT2D eigenvalue weighted by Crippen LogP contribution is 2.26. The van der Waals surface area contributed by atoms with Crippen LogP contribution < -0.4 is 11.1 Å². The van der Waals surface area contributed by atoms with Gasteiger partial charge in [0.2, 0.25) is 5.91 Å². The summed E-state index contributed by atoms with van der Waals surface area (Å²) in [6.07, 6.45) is 9.47. The zero-order valence-corrected chi connectivity index (χ0v) is 14.0. The van der Waals surface area contributed by atoms with Crippen LogP contribution >= 0.6 is 0 Å². The second-order valence-electron chi connectivity index (χ2n) is 7.44. The van der Waals surface area contributed by atoms with Crippen LogP contribution in [0.15, 0.2) is 0 Å². The van der Waals surface area contributed by atoms with Crippen molar-refractivity contribution in [3.63, 3.8) is 0 Å². The normalized spacial score (nSPS) is 30.0. The summed E-state index contributed by atoms with van der Waals surface area (Å²) in [6, 6.07) is 1.94. The molecular formula is C17H33N3O. The number of hydrogen-bond acceptors (Lipinski definition) is 3. The van der Waals surface area contributed by atoms with Crippen LogP contribution in [0.5, 0.6) is 0 Å². The second kappa shape index (κ2) is 7.10. The van der Waals surface area contributed by atoms with E-state index in [0.29, 0.717) is 18.1 Å². The molecule has 0 aromatic rings. The quantitative estimate of drug-likeness (QED) is 0.676. The Morgan fingerprint density at radius 1 is 1.19 bits per heavy atom. The number of hydrogen-bond donors (Lipinski definition) is 2. The molecule has 4 nitrogen and oxygen atoms in total. The fourth-order valence-electron chi connectivity index (χ4n) is 3.63. The van der Waals surface area contributed by atoms with E-state index in [2.05, 4.69) is 24.1 Å². The lowest BCUT2D eigenvalue weighted by atomic mass is 9.92. The maximum atomic E-state index is 11.7. The first-order chi connectivity index (χ1) is 9.92. The van der Waals surface area contributed by atoms with E-state index in [0.717, 1.165) is 25.8 Å². The van der Waals surface area contributed by atoms with Crippen molar-refractivity contribution < 1.29 is 4.79 Å². The highest BCUT2D eigenvalue weighted by atomic mass is 16.1. The summed E-state index contributed by atoms with van der Waals surface area (Å²) < 4.78 is 0. The molecule has 0 radical (unpaired) electrons. The number of nitrogens with zero attached hydrogens (tertiary/aromatic N) is 1. The van der Waals surface area contributed by atoms with Crippen LogP contribution in [0, 0.1) is 0 Å². The van der Waals surface area contributed by atoms with Crippen molar-refractivity contribution in [1.29, 1.82) is 0 Å². The Kier molecular flexibility index (Phi) is 5.67. The van der Waals surface area contributed by atoms with Gasteiger partial charge in [-0.15, -0.1) is 0 Å². The maximum absolute atomic E-state index is 11.7. The summed E-state index contributed by atoms with van der Waals surface area (Å²) in [6.45, 7) is 7.82. The number of piperidine rings is 1. The van der Waals surface area contributed by atoms with Crippen LogP contribution in [-0.2, 0) is 4.79 Å². The molecule has 2 fully saturated rings. The Hall–Kier alpha value is -0.610. The number of amides is 1. The van der Waals surface area contributed by atoms with E-state index in [1.807, 2.05) is 6.92 Å². The smallest absolute Gasteiger partial charge is 0.237 e. The first kappa shape index (κ1) is 16.8. The molecule has 1 amide bonds. The molecule has 3 unspecified atom stereocenters. The van der Waals surface area contributed by atoms with Gasteiger partial charge in [-0.25, -0.2) is 0 Å². The van der Waals surface area contributed by atoms with Gasteiger partial charge in [0.25, 0.3) is 0 Å². The van der Waals surface area contributed by atoms with E-state index in [1.54, 1.807) is 0 Å². The van der Waals surface area contributed by atoms with Gasteiger partial charge in [-0.1, -0.05) is 6.42 Å². The average molecular weight is 295 g/mol. The molecule has 1 heterocycles. The van der Waals surface area contributed by atoms with Crippen molar-refractivity contribution in [1.82, 2.24) is 10.2 Å². The lowest BCUT2D eigenvalue weighted by Gasteiger charge is -2.39. The van der Waals surface area contributed by atoms with Gasteiger partial charge in [0.1, 0.15) is 0 Å². The van der Waals surface area contributed by atoms with Crippen LogP contribution in [0.1, 0.15) is 72.1 Å². The maximum Gasteiger partial charge on any atom is 0.237 e. The van der Waals surface area contributed by atoms with Crippen molar-refractivity contribution in [2.75, 3.05) is 6.54 Å². The predicted molar refractivity (Wildman–Crippen MR) is 87.1 cm³/mol. The minimum Gasteiger partial charge on any atom is -0.368 e. The topological polar surface area (TPSA) is 58.4 Å². The Labute approximate surface area is 129 Å². The van der Waals surface area contributed by atoms with Crippen LogP contribution in [0.3, 0.4) is 0 Å². The number of carbonyl (C=O) groups is 1. The third-order valence-electron chi connectivity index (χ3n) is 5.36. The molecule has 0 aromatic heterocycles. The molecule has 1 saturated heterocycles. The number of nitrogens with one attached hydrogen (secondary N) is 1. The summed E-state index contributed by atoms with van der Waals surface area (Å²) in [5.74, 6) is -0.200. The molecule has 21 heavy (non-hydrogen) atoms. The van der Waals surface area contributed by atoms with Crippen molar-refractivity contribution in [2.45, 2.75) is 95.8 Å². The van der Waals surface area contributed by atoms with Gasteiger partial charge in [-0.2, -0.15) is 0 Å². The van der Waals surface area contributed by atoms with Crippen LogP contribution in [0.2, 0.25) is 0 Å². The Bertz CT molecular complexity index is 346. The number of rotatable bonds is 8. The molecule has 4 heteroatoms. The summed E-state index contributed by atoms with van der Waals surface area (Å²) in [4.78, 5) is 14.4. The van der Waals surface area contributed by atoms with E-state index >= 15 is 0 Å². The third kappa shape index (κ3) is 4.68. The standard InChI is InChI=1S/C17H33N3O/c1-13-7-6-8-14(2)20(13)12-5-4-11-17(3,16(18)21)19-15-9-10-15/h13-15,19H,4-12H2,1-3H3,(H2,18,21). The minimum atomic E-state index is -0.514. The number of carbonyl (C=O) groups excluding carboxylic acids is 1. The fourth-order valence-corrected chi connectivity index (χ4v) is 3.63. The average Bonchev–Trinajstić information content (AvgIpc) is 3.21. The van der Waals surface area contributed by atoms with Crippen molar-refractivity contribution >= 4 is 5.91 Å². The Balaban J connectivity index is 1.73. The molecule has 2 rings (SSSR count). The van der Waals surface area contributed by atoms with Crippen LogP contribution in [0.25, 0.3) is 0 Å². The summed E-state index contributed by atoms with van der Waals surface area (Å²) in [7, 11) is 0. The Morgan fingerprint density at radius 2 is 1.81 bits per heavy atom. The monoisotopic (exact) mass is 295 g/mol. The van der Waals surface area contributed by atoms with Crippen molar-refractivity contribution in [2.24, 2.45) is 5.73 Å². The largest absolute Gasteiger partial charge is 0.368 e. The second-order valence-corrected chi connectivity index (χ2v) is 7.44. The Morgan fingerprint density at radius 3 is 2.33 bits per heavy atom. The lowest BCUT2D eigenvalue weighted by molar-refractivity contribution is -0.124. The van der Waals surface area contributed by atoms with E-state index in [1.165, 1.54) is 32.1 Å². The van der Waals surface area contributed by atoms with E-state index in [4.69, 9.17) is 5.73 Å². The minimum absolute atomic E-state index is 0.200. The summed E-state index contributed by atoms with van der Waals surface area (Å²) in [5, 5.41) is 3.43. The molecule has 1 aliphatic heterocycles. The molecular weight excluding hydrogens is 262 g/mol. The predicted octanol–water partition coefficient (Wildman–Crippen LogP) is 2.42. The van der Waals surface area contributed by atoms with E-state index < -0.39 is 5.54 Å². The summed E-state index contributed by atoms with van der Waals surface area (Å²) >= 11 is 0. The van der Waals surface area contributed by atoms with Gasteiger partial charge in [-0.3, -0.25) is 9.69 Å². The van der Waals surface area contributed by atoms with Crippen molar-refractivity contribution in [3.8, 4) is 0 Å². The molecule has 122 valence electrons. The molecule has 0 bridgehead atoms. The van der Waals surface area contributed by atoms with Crippen LogP contribution in [-0.4, -0.2) is 41.0 Å². The molecule has 2 aliphatic rings. The zero-order valence-electron chi connectivity index (χ0n) is 14.0. The van der Waals surface area contributed by atoms with Gasteiger partial charge < -0.3 is 11.1 Å². The number of likely N-dealkylation sites (tertiary alicyclic amines) is 1. The first-order valence-corrected chi connectivity index (χ1v) is 8.76. The zero-order chi connectivity index (χ0) is 15.5. The highest BCUT2D eigenvalue weighted by molar-refractivity contribution is 5.84. The molecule has 3 atom stereocenters. The van der Waals surface area contributed by atoms with E-state index in [-0.39, 0.29) is 5.91 Å². The molecule has 1 saturated carbocycles. The molecule has 0 spiro atoms. The fraction of sp³-hybridized carbons (Fsp3) is 0.941. The number of nitrogens with two attached hydrogens (primary N) is 1. The molecule has 3 N–H and O–H groups in total.